The van der Waals surface area contributed by atoms with Crippen molar-refractivity contribution in [2.75, 3.05) is 20.3 Å². The average Bonchev–Trinajstić information content (AvgIpc) is 2.66. The minimum atomic E-state index is -0.464. The van der Waals surface area contributed by atoms with Gasteiger partial charge in [-0.25, -0.2) is 10.2 Å². The molecule has 2 rings (SSSR count). The van der Waals surface area contributed by atoms with Crippen LogP contribution in [-0.4, -0.2) is 38.4 Å². The molecule has 2 aromatic rings. The number of rotatable bonds is 8. The van der Waals surface area contributed by atoms with Crippen LogP contribution in [0, 0.1) is 10.5 Å². The summed E-state index contributed by atoms with van der Waals surface area (Å²) in [7, 11) is 1.49. The van der Waals surface area contributed by atoms with Crippen molar-refractivity contribution in [2.45, 2.75) is 13.8 Å². The highest BCUT2D eigenvalue weighted by Crippen LogP contribution is 2.33. The maximum atomic E-state index is 12.2. The fourth-order valence-corrected chi connectivity index (χ4v) is 3.42. The first-order valence-corrected chi connectivity index (χ1v) is 10.1. The fourth-order valence-electron chi connectivity index (χ4n) is 2.32. The van der Waals surface area contributed by atoms with Crippen LogP contribution in [0.3, 0.4) is 0 Å². The Kier molecular flexibility index (Phi) is 8.71. The second-order valence-electron chi connectivity index (χ2n) is 5.81. The van der Waals surface area contributed by atoms with Crippen molar-refractivity contribution in [3.63, 3.8) is 0 Å². The first-order chi connectivity index (χ1) is 13.8. The van der Waals surface area contributed by atoms with E-state index in [0.717, 1.165) is 5.56 Å². The summed E-state index contributed by atoms with van der Waals surface area (Å²) in [4.78, 5) is 23.7. The summed E-state index contributed by atoms with van der Waals surface area (Å²) in [5, 5.41) is 4.33. The van der Waals surface area contributed by atoms with Crippen molar-refractivity contribution < 1.29 is 23.8 Å². The lowest BCUT2D eigenvalue weighted by Crippen LogP contribution is -2.18. The molecular formula is C20H20ClIN2O5. The van der Waals surface area contributed by atoms with E-state index < -0.39 is 11.9 Å². The lowest BCUT2D eigenvalue weighted by atomic mass is 10.1. The summed E-state index contributed by atoms with van der Waals surface area (Å²) in [6, 6.07) is 8.61. The molecule has 0 saturated carbocycles. The molecule has 0 aliphatic carbocycles. The normalized spacial score (nSPS) is 10.7. The molecular weight excluding hydrogens is 511 g/mol. The number of halogens is 2. The number of hydrazone groups is 1. The predicted molar refractivity (Wildman–Crippen MR) is 119 cm³/mol. The molecule has 0 radical (unpaired) electrons. The van der Waals surface area contributed by atoms with Crippen molar-refractivity contribution in [2.24, 2.45) is 5.10 Å². The second kappa shape index (κ2) is 11.0. The predicted octanol–water partition coefficient (Wildman–Crippen LogP) is 3.97. The molecule has 1 amide bonds. The van der Waals surface area contributed by atoms with Crippen molar-refractivity contribution in [3.05, 3.63) is 55.6 Å². The van der Waals surface area contributed by atoms with E-state index in [4.69, 9.17) is 25.8 Å². The first-order valence-electron chi connectivity index (χ1n) is 8.61. The number of carbonyl (C=O) groups excluding carboxylic acids is 2. The fraction of sp³-hybridized carbons (Fsp3) is 0.250. The van der Waals surface area contributed by atoms with E-state index in [1.807, 2.05) is 6.92 Å². The molecule has 0 aliphatic rings. The van der Waals surface area contributed by atoms with Crippen LogP contribution in [0.15, 0.2) is 35.4 Å². The van der Waals surface area contributed by atoms with Crippen LogP contribution in [0.25, 0.3) is 0 Å². The maximum absolute atomic E-state index is 12.2. The number of methoxy groups -OCH3 is 1. The van der Waals surface area contributed by atoms with E-state index in [1.165, 1.54) is 13.3 Å². The van der Waals surface area contributed by atoms with Crippen LogP contribution >= 0.6 is 34.2 Å². The van der Waals surface area contributed by atoms with Gasteiger partial charge in [0.2, 0.25) is 0 Å². The summed E-state index contributed by atoms with van der Waals surface area (Å²) in [6.07, 6.45) is 1.47. The highest BCUT2D eigenvalue weighted by molar-refractivity contribution is 14.1. The Hall–Kier alpha value is -2.33. The zero-order valence-electron chi connectivity index (χ0n) is 16.1. The number of nitrogens with zero attached hydrogens (tertiary/aromatic N) is 1. The molecule has 9 heteroatoms. The van der Waals surface area contributed by atoms with Crippen LogP contribution in [0.5, 0.6) is 11.5 Å². The number of ether oxygens (including phenoxy) is 3. The molecule has 2 aromatic carbocycles. The molecule has 0 unspecified atom stereocenters. The number of hydrogen-bond acceptors (Lipinski definition) is 6. The van der Waals surface area contributed by atoms with Gasteiger partial charge in [0, 0.05) is 0 Å². The van der Waals surface area contributed by atoms with Crippen molar-refractivity contribution in [1.82, 2.24) is 5.43 Å². The van der Waals surface area contributed by atoms with Gasteiger partial charge in [0.15, 0.2) is 18.1 Å². The summed E-state index contributed by atoms with van der Waals surface area (Å²) >= 11 is 8.15. The first kappa shape index (κ1) is 23.0. The van der Waals surface area contributed by atoms with Crippen LogP contribution in [-0.2, 0) is 9.53 Å². The summed E-state index contributed by atoms with van der Waals surface area (Å²) < 4.78 is 16.4. The number of esters is 1. The van der Waals surface area contributed by atoms with E-state index >= 15 is 0 Å². The molecule has 0 fully saturated rings. The number of aryl methyl sites for hydroxylation is 1. The summed E-state index contributed by atoms with van der Waals surface area (Å²) in [5.74, 6) is -0.0277. The second-order valence-corrected chi connectivity index (χ2v) is 7.38. The number of nitrogens with one attached hydrogen (secondary N) is 1. The highest BCUT2D eigenvalue weighted by Gasteiger charge is 2.14. The Morgan fingerprint density at radius 2 is 2.03 bits per heavy atom. The van der Waals surface area contributed by atoms with Crippen LogP contribution in [0.1, 0.15) is 28.4 Å². The van der Waals surface area contributed by atoms with E-state index in [-0.39, 0.29) is 13.2 Å². The van der Waals surface area contributed by atoms with E-state index in [0.29, 0.717) is 31.2 Å². The topological polar surface area (TPSA) is 86.2 Å². The largest absolute Gasteiger partial charge is 0.493 e. The van der Waals surface area contributed by atoms with E-state index in [1.54, 1.807) is 37.3 Å². The van der Waals surface area contributed by atoms with E-state index in [9.17, 15) is 9.59 Å². The Morgan fingerprint density at radius 3 is 2.69 bits per heavy atom. The van der Waals surface area contributed by atoms with Crippen LogP contribution in [0.2, 0.25) is 5.02 Å². The highest BCUT2D eigenvalue weighted by atomic mass is 127. The van der Waals surface area contributed by atoms with Gasteiger partial charge in [-0.05, 0) is 71.8 Å². The quantitative estimate of drug-likeness (QED) is 0.242. The molecule has 0 bridgehead atoms. The van der Waals surface area contributed by atoms with Crippen LogP contribution < -0.4 is 14.9 Å². The Labute approximate surface area is 187 Å². The molecule has 1 N–H and O–H groups in total. The molecule has 0 saturated heterocycles. The van der Waals surface area contributed by atoms with Gasteiger partial charge in [0.1, 0.15) is 0 Å². The molecule has 0 heterocycles. The average molecular weight is 531 g/mol. The third kappa shape index (κ3) is 6.60. The van der Waals surface area contributed by atoms with Gasteiger partial charge < -0.3 is 14.2 Å². The third-order valence-electron chi connectivity index (χ3n) is 3.64. The lowest BCUT2D eigenvalue weighted by Gasteiger charge is -2.13. The molecule has 0 aliphatic heterocycles. The zero-order chi connectivity index (χ0) is 21.4. The van der Waals surface area contributed by atoms with Gasteiger partial charge >= 0.3 is 5.97 Å². The zero-order valence-corrected chi connectivity index (χ0v) is 19.0. The van der Waals surface area contributed by atoms with Gasteiger partial charge in [-0.1, -0.05) is 17.7 Å². The number of amides is 1. The molecule has 29 heavy (non-hydrogen) atoms. The number of benzene rings is 2. The van der Waals surface area contributed by atoms with Gasteiger partial charge in [-0.2, -0.15) is 5.10 Å². The van der Waals surface area contributed by atoms with Crippen LogP contribution in [0.4, 0.5) is 0 Å². The SMILES string of the molecule is CCOC(=O)COc1c(I)cc(/C=N\NC(=O)c2ccc(C)cc2Cl)cc1OC. The van der Waals surface area contributed by atoms with E-state index in [2.05, 4.69) is 33.1 Å². The van der Waals surface area contributed by atoms with Gasteiger partial charge in [-0.15, -0.1) is 0 Å². The Balaban J connectivity index is 2.09. The molecule has 0 atom stereocenters. The molecule has 7 nitrogen and oxygen atoms in total. The molecule has 0 aromatic heterocycles. The summed E-state index contributed by atoms with van der Waals surface area (Å²) in [5.41, 5.74) is 4.41. The maximum Gasteiger partial charge on any atom is 0.344 e. The third-order valence-corrected chi connectivity index (χ3v) is 4.75. The lowest BCUT2D eigenvalue weighted by molar-refractivity contribution is -0.145. The van der Waals surface area contributed by atoms with Crippen molar-refractivity contribution in [3.8, 4) is 11.5 Å². The summed E-state index contributed by atoms with van der Waals surface area (Å²) in [6.45, 7) is 3.68. The number of hydrogen-bond donors (Lipinski definition) is 1. The van der Waals surface area contributed by atoms with Gasteiger partial charge in [0.05, 0.1) is 34.1 Å². The Morgan fingerprint density at radius 1 is 1.28 bits per heavy atom. The van der Waals surface area contributed by atoms with Gasteiger partial charge in [0.25, 0.3) is 5.91 Å². The molecule has 154 valence electrons. The van der Waals surface area contributed by atoms with Crippen molar-refractivity contribution in [1.29, 1.82) is 0 Å². The standard InChI is InChI=1S/C20H20ClIN2O5/c1-4-28-18(25)11-29-19-16(22)8-13(9-17(19)27-3)10-23-24-20(26)14-6-5-12(2)7-15(14)21/h5-10H,4,11H2,1-3H3,(H,24,26)/b23-10-. The monoisotopic (exact) mass is 530 g/mol. The van der Waals surface area contributed by atoms with Gasteiger partial charge in [-0.3, -0.25) is 4.79 Å². The minimum Gasteiger partial charge on any atom is -0.493 e. The molecule has 0 spiro atoms. The Bertz CT molecular complexity index is 933. The number of carbonyl (C=O) groups is 2. The van der Waals surface area contributed by atoms with Crippen molar-refractivity contribution >= 4 is 52.3 Å². The minimum absolute atomic E-state index is 0.221. The smallest absolute Gasteiger partial charge is 0.344 e.